The zero-order valence-electron chi connectivity index (χ0n) is 11.4. The lowest BCUT2D eigenvalue weighted by Gasteiger charge is -2.08. The molecule has 2 aromatic rings. The maximum atomic E-state index is 11.9. The molecule has 2 rings (SSSR count). The molecule has 1 heterocycles. The van der Waals surface area contributed by atoms with Gasteiger partial charge in [0.05, 0.1) is 15.8 Å². The molecule has 0 saturated carbocycles. The second-order valence-electron chi connectivity index (χ2n) is 4.35. The number of benzene rings is 1. The number of anilines is 1. The Morgan fingerprint density at radius 3 is 2.67 bits per heavy atom. The molecule has 1 N–H and O–H groups in total. The van der Waals surface area contributed by atoms with Crippen molar-refractivity contribution in [1.29, 1.82) is 0 Å². The molecule has 1 aromatic heterocycles. The van der Waals surface area contributed by atoms with Gasteiger partial charge in [-0.3, -0.25) is 9.59 Å². The third kappa shape index (κ3) is 4.88. The van der Waals surface area contributed by atoms with Crippen molar-refractivity contribution in [3.05, 3.63) is 51.2 Å². The van der Waals surface area contributed by atoms with Gasteiger partial charge in [0.25, 0.3) is 0 Å². The molecule has 21 heavy (non-hydrogen) atoms. The van der Waals surface area contributed by atoms with Crippen LogP contribution in [0, 0.1) is 0 Å². The normalized spacial score (nSPS) is 10.4. The van der Waals surface area contributed by atoms with Crippen molar-refractivity contribution in [2.24, 2.45) is 0 Å². The van der Waals surface area contributed by atoms with Crippen LogP contribution in [-0.4, -0.2) is 17.4 Å². The first kappa shape index (κ1) is 16.1. The summed E-state index contributed by atoms with van der Waals surface area (Å²) in [5.74, 6) is 0.907. The second-order valence-corrected chi connectivity index (χ2v) is 7.13. The van der Waals surface area contributed by atoms with Crippen LogP contribution in [0.5, 0.6) is 0 Å². The van der Waals surface area contributed by atoms with E-state index in [0.29, 0.717) is 17.0 Å². The number of halogens is 1. The number of Topliss-reactive ketones (excluding diaryl/α,β-unsaturated/α-hetero) is 1. The number of thiophene rings is 1. The lowest BCUT2D eigenvalue weighted by atomic mass is 10.1. The molecular formula is C15H14ClNO2S2. The van der Waals surface area contributed by atoms with E-state index in [2.05, 4.69) is 5.32 Å². The molecule has 110 valence electrons. The van der Waals surface area contributed by atoms with E-state index in [-0.39, 0.29) is 11.7 Å². The van der Waals surface area contributed by atoms with E-state index in [1.165, 1.54) is 30.0 Å². The first-order valence-corrected chi connectivity index (χ1v) is 8.63. The molecule has 0 spiro atoms. The molecule has 0 saturated heterocycles. The number of thioether (sulfide) groups is 1. The predicted molar refractivity (Wildman–Crippen MR) is 90.6 cm³/mol. The van der Waals surface area contributed by atoms with Crippen LogP contribution in [0.3, 0.4) is 0 Å². The van der Waals surface area contributed by atoms with Gasteiger partial charge in [-0.25, -0.2) is 0 Å². The number of carbonyl (C=O) groups is 2. The largest absolute Gasteiger partial charge is 0.325 e. The van der Waals surface area contributed by atoms with E-state index < -0.39 is 0 Å². The maximum Gasteiger partial charge on any atom is 0.234 e. The zero-order valence-corrected chi connectivity index (χ0v) is 13.8. The summed E-state index contributed by atoms with van der Waals surface area (Å²) < 4.78 is 0.755. The highest BCUT2D eigenvalue weighted by Gasteiger charge is 2.09. The Bertz CT molecular complexity index is 655. The van der Waals surface area contributed by atoms with Gasteiger partial charge < -0.3 is 5.32 Å². The Morgan fingerprint density at radius 1 is 1.24 bits per heavy atom. The van der Waals surface area contributed by atoms with Crippen molar-refractivity contribution in [3.63, 3.8) is 0 Å². The predicted octanol–water partition coefficient (Wildman–Crippen LogP) is 4.48. The SMILES string of the molecule is CC(=O)c1ccccc1NC(=O)CSCc1ccc(Cl)s1. The second kappa shape index (κ2) is 7.64. The van der Waals surface area contributed by atoms with E-state index in [9.17, 15) is 9.59 Å². The molecule has 0 atom stereocenters. The van der Waals surface area contributed by atoms with Gasteiger partial charge in [-0.05, 0) is 31.2 Å². The highest BCUT2D eigenvalue weighted by molar-refractivity contribution is 7.99. The third-order valence-corrected chi connectivity index (χ3v) is 5.08. The minimum Gasteiger partial charge on any atom is -0.325 e. The number of ketones is 1. The standard InChI is InChI=1S/C15H14ClNO2S2/c1-10(18)12-4-2-3-5-13(12)17-15(19)9-20-8-11-6-7-14(16)21-11/h2-7H,8-9H2,1H3,(H,17,19). The smallest absolute Gasteiger partial charge is 0.234 e. The average molecular weight is 340 g/mol. The van der Waals surface area contributed by atoms with Crippen molar-refractivity contribution in [2.75, 3.05) is 11.1 Å². The van der Waals surface area contributed by atoms with E-state index in [0.717, 1.165) is 15.0 Å². The Morgan fingerprint density at radius 2 is 2.00 bits per heavy atom. The van der Waals surface area contributed by atoms with Crippen molar-refractivity contribution in [2.45, 2.75) is 12.7 Å². The Balaban J connectivity index is 1.86. The summed E-state index contributed by atoms with van der Waals surface area (Å²) in [5, 5.41) is 2.78. The summed E-state index contributed by atoms with van der Waals surface area (Å²) in [5.41, 5.74) is 1.09. The van der Waals surface area contributed by atoms with E-state index >= 15 is 0 Å². The lowest BCUT2D eigenvalue weighted by molar-refractivity contribution is -0.113. The summed E-state index contributed by atoms with van der Waals surface area (Å²) in [6.07, 6.45) is 0. The van der Waals surface area contributed by atoms with Crippen LogP contribution in [0.2, 0.25) is 4.34 Å². The Labute approximate surface area is 136 Å². The number of hydrogen-bond donors (Lipinski definition) is 1. The molecule has 0 bridgehead atoms. The van der Waals surface area contributed by atoms with Crippen LogP contribution in [0.1, 0.15) is 22.2 Å². The van der Waals surface area contributed by atoms with E-state index in [4.69, 9.17) is 11.6 Å². The molecule has 0 aliphatic carbocycles. The van der Waals surface area contributed by atoms with E-state index in [1.807, 2.05) is 12.1 Å². The van der Waals surface area contributed by atoms with Crippen LogP contribution >= 0.6 is 34.7 Å². The molecule has 1 amide bonds. The molecule has 6 heteroatoms. The lowest BCUT2D eigenvalue weighted by Crippen LogP contribution is -2.16. The fourth-order valence-electron chi connectivity index (χ4n) is 1.76. The number of amides is 1. The minimum absolute atomic E-state index is 0.0632. The summed E-state index contributed by atoms with van der Waals surface area (Å²) in [6.45, 7) is 1.49. The molecule has 1 aromatic carbocycles. The Hall–Kier alpha value is -1.30. The fourth-order valence-corrected chi connectivity index (χ4v) is 3.78. The topological polar surface area (TPSA) is 46.2 Å². The van der Waals surface area contributed by atoms with Crippen molar-refractivity contribution in [1.82, 2.24) is 0 Å². The number of nitrogens with one attached hydrogen (secondary N) is 1. The van der Waals surface area contributed by atoms with Crippen LogP contribution in [0.4, 0.5) is 5.69 Å². The van der Waals surface area contributed by atoms with Gasteiger partial charge in [0.1, 0.15) is 0 Å². The van der Waals surface area contributed by atoms with Gasteiger partial charge in [0, 0.05) is 16.2 Å². The van der Waals surface area contributed by atoms with Crippen LogP contribution in [0.25, 0.3) is 0 Å². The van der Waals surface area contributed by atoms with Gasteiger partial charge >= 0.3 is 0 Å². The molecule has 0 aliphatic heterocycles. The molecule has 0 aliphatic rings. The monoisotopic (exact) mass is 339 g/mol. The van der Waals surface area contributed by atoms with Gasteiger partial charge in [0.2, 0.25) is 5.91 Å². The van der Waals surface area contributed by atoms with Crippen LogP contribution < -0.4 is 5.32 Å². The molecule has 0 radical (unpaired) electrons. The van der Waals surface area contributed by atoms with Crippen molar-refractivity contribution < 1.29 is 9.59 Å². The average Bonchev–Trinajstić information content (AvgIpc) is 2.85. The van der Waals surface area contributed by atoms with Gasteiger partial charge in [0.15, 0.2) is 5.78 Å². The van der Waals surface area contributed by atoms with Gasteiger partial charge in [-0.1, -0.05) is 23.7 Å². The van der Waals surface area contributed by atoms with Crippen molar-refractivity contribution in [3.8, 4) is 0 Å². The molecular weight excluding hydrogens is 326 g/mol. The first-order valence-electron chi connectivity index (χ1n) is 6.28. The number of hydrogen-bond acceptors (Lipinski definition) is 4. The summed E-state index contributed by atoms with van der Waals surface area (Å²) in [6, 6.07) is 10.8. The summed E-state index contributed by atoms with van der Waals surface area (Å²) in [4.78, 5) is 24.5. The summed E-state index contributed by atoms with van der Waals surface area (Å²) in [7, 11) is 0. The number of carbonyl (C=O) groups excluding carboxylic acids is 2. The van der Waals surface area contributed by atoms with Crippen LogP contribution in [-0.2, 0) is 10.5 Å². The number of para-hydroxylation sites is 1. The highest BCUT2D eigenvalue weighted by atomic mass is 35.5. The zero-order chi connectivity index (χ0) is 15.2. The van der Waals surface area contributed by atoms with Gasteiger partial charge in [-0.15, -0.1) is 23.1 Å². The molecule has 0 unspecified atom stereocenters. The molecule has 3 nitrogen and oxygen atoms in total. The highest BCUT2D eigenvalue weighted by Crippen LogP contribution is 2.25. The minimum atomic E-state index is -0.114. The quantitative estimate of drug-likeness (QED) is 0.789. The van der Waals surface area contributed by atoms with Gasteiger partial charge in [-0.2, -0.15) is 0 Å². The first-order chi connectivity index (χ1) is 10.1. The maximum absolute atomic E-state index is 11.9. The fraction of sp³-hybridized carbons (Fsp3) is 0.200. The third-order valence-electron chi connectivity index (χ3n) is 2.69. The number of rotatable bonds is 6. The summed E-state index contributed by atoms with van der Waals surface area (Å²) >= 11 is 8.89. The van der Waals surface area contributed by atoms with Crippen LogP contribution in [0.15, 0.2) is 36.4 Å². The van der Waals surface area contributed by atoms with E-state index in [1.54, 1.807) is 24.3 Å². The molecule has 0 fully saturated rings. The van der Waals surface area contributed by atoms with Crippen molar-refractivity contribution >= 4 is 52.1 Å². The Kier molecular flexibility index (Phi) is 5.85.